The average molecular weight is 750 g/mol. The van der Waals surface area contributed by atoms with Gasteiger partial charge in [0.05, 0.1) is 32.9 Å². The standard InChI is InChI=1S/C36H40F5N5O5S/c1-44(16-17-47)35(13-10-25-6-4-7-27(18-25)36(39,40)41)12-5-15-45(23-35)28-19-30(37)34(31(38)20-28)52(48,49)46(33-11-14-42-24-43-33)22-26-8-9-29(50-2)21-32(26)51-3/h4,6-9,11,14,18-21,24,47H,5,10,12-13,15-17,22-23H2,1-3H3. The van der Waals surface area contributed by atoms with E-state index in [-0.39, 0.29) is 43.4 Å². The Morgan fingerprint density at radius 2 is 1.77 bits per heavy atom. The number of piperidine rings is 1. The van der Waals surface area contributed by atoms with Crippen LogP contribution in [-0.2, 0) is 29.2 Å². The van der Waals surface area contributed by atoms with Crippen LogP contribution in [0.4, 0.5) is 33.5 Å². The Morgan fingerprint density at radius 3 is 2.40 bits per heavy atom. The quantitative estimate of drug-likeness (QED) is 0.154. The first kappa shape index (κ1) is 38.7. The van der Waals surface area contributed by atoms with Crippen LogP contribution in [0.1, 0.15) is 36.0 Å². The van der Waals surface area contributed by atoms with E-state index in [2.05, 4.69) is 9.97 Å². The predicted octanol–water partition coefficient (Wildman–Crippen LogP) is 6.08. The van der Waals surface area contributed by atoms with E-state index >= 15 is 8.78 Å². The lowest BCUT2D eigenvalue weighted by atomic mass is 9.81. The molecule has 1 saturated heterocycles. The Bertz CT molecular complexity index is 1930. The summed E-state index contributed by atoms with van der Waals surface area (Å²) in [6.45, 7) is 0.285. The number of β-amino-alcohol motifs (C(OH)–C–C–N with tert-alkyl or cyclic N) is 1. The Balaban J connectivity index is 1.47. The molecule has 0 bridgehead atoms. The van der Waals surface area contributed by atoms with Gasteiger partial charge in [0.2, 0.25) is 0 Å². The van der Waals surface area contributed by atoms with Gasteiger partial charge in [0.25, 0.3) is 10.0 Å². The summed E-state index contributed by atoms with van der Waals surface area (Å²) < 4.78 is 112. The van der Waals surface area contributed by atoms with Crippen LogP contribution in [0, 0.1) is 11.6 Å². The first-order chi connectivity index (χ1) is 24.7. The van der Waals surface area contributed by atoms with Crippen molar-refractivity contribution in [3.63, 3.8) is 0 Å². The third-order valence-electron chi connectivity index (χ3n) is 9.46. The van der Waals surface area contributed by atoms with Crippen LogP contribution in [-0.4, -0.2) is 81.4 Å². The van der Waals surface area contributed by atoms with E-state index in [4.69, 9.17) is 9.47 Å². The summed E-state index contributed by atoms with van der Waals surface area (Å²) in [5.74, 6) is -2.05. The first-order valence-electron chi connectivity index (χ1n) is 16.4. The molecule has 1 unspecified atom stereocenters. The van der Waals surface area contributed by atoms with Crippen molar-refractivity contribution in [3.05, 3.63) is 102 Å². The number of rotatable bonds is 14. The number of nitrogens with zero attached hydrogens (tertiary/aromatic N) is 5. The lowest BCUT2D eigenvalue weighted by molar-refractivity contribution is -0.137. The molecule has 10 nitrogen and oxygen atoms in total. The topological polar surface area (TPSA) is 108 Å². The molecule has 16 heteroatoms. The molecule has 2 heterocycles. The van der Waals surface area contributed by atoms with Gasteiger partial charge < -0.3 is 19.5 Å². The van der Waals surface area contributed by atoms with Crippen molar-refractivity contribution in [3.8, 4) is 11.5 Å². The SMILES string of the molecule is COc1ccc(CN(c2ccncn2)S(=O)(=O)c2c(F)cc(N3CCCC(CCc4cccc(C(F)(F)F)c4)(N(C)CCO)C3)cc2F)c(OC)c1. The van der Waals surface area contributed by atoms with Gasteiger partial charge in [-0.15, -0.1) is 0 Å². The fourth-order valence-electron chi connectivity index (χ4n) is 6.65. The number of halogens is 5. The lowest BCUT2D eigenvalue weighted by Crippen LogP contribution is -2.58. The number of methoxy groups -OCH3 is 2. The molecule has 1 aromatic heterocycles. The number of aryl methyl sites for hydroxylation is 1. The zero-order chi connectivity index (χ0) is 37.7. The molecule has 1 fully saturated rings. The van der Waals surface area contributed by atoms with Gasteiger partial charge in [-0.1, -0.05) is 18.2 Å². The highest BCUT2D eigenvalue weighted by Crippen LogP contribution is 2.38. The molecular weight excluding hydrogens is 709 g/mol. The largest absolute Gasteiger partial charge is 0.497 e. The van der Waals surface area contributed by atoms with Crippen molar-refractivity contribution in [2.45, 2.75) is 48.8 Å². The summed E-state index contributed by atoms with van der Waals surface area (Å²) in [7, 11) is -0.285. The van der Waals surface area contributed by atoms with Crippen molar-refractivity contribution in [1.82, 2.24) is 14.9 Å². The number of aromatic nitrogens is 2. The van der Waals surface area contributed by atoms with Crippen LogP contribution in [0.3, 0.4) is 0 Å². The number of hydrogen-bond donors (Lipinski definition) is 1. The van der Waals surface area contributed by atoms with Crippen molar-refractivity contribution in [1.29, 1.82) is 0 Å². The molecule has 0 aliphatic carbocycles. The molecule has 0 radical (unpaired) electrons. The Kier molecular flexibility index (Phi) is 11.9. The monoisotopic (exact) mass is 749 g/mol. The number of benzene rings is 3. The molecule has 5 rings (SSSR count). The Hall–Kier alpha value is -4.54. The molecule has 1 N–H and O–H groups in total. The normalized spacial score (nSPS) is 16.6. The van der Waals surface area contributed by atoms with E-state index in [0.29, 0.717) is 42.7 Å². The Labute approximate surface area is 299 Å². The molecule has 0 saturated carbocycles. The molecule has 52 heavy (non-hydrogen) atoms. The molecular formula is C36H40F5N5O5S. The number of anilines is 2. The van der Waals surface area contributed by atoms with Crippen LogP contribution < -0.4 is 18.7 Å². The Morgan fingerprint density at radius 1 is 1.02 bits per heavy atom. The number of aliphatic hydroxyl groups is 1. The lowest BCUT2D eigenvalue weighted by Gasteiger charge is -2.49. The maximum Gasteiger partial charge on any atom is 0.416 e. The highest BCUT2D eigenvalue weighted by atomic mass is 32.2. The second-order valence-electron chi connectivity index (χ2n) is 12.6. The van der Waals surface area contributed by atoms with Crippen LogP contribution in [0.25, 0.3) is 0 Å². The maximum atomic E-state index is 16.1. The zero-order valence-corrected chi connectivity index (χ0v) is 29.7. The van der Waals surface area contributed by atoms with Gasteiger partial charge >= 0.3 is 6.18 Å². The molecule has 280 valence electrons. The van der Waals surface area contributed by atoms with E-state index in [9.17, 15) is 26.7 Å². The molecule has 1 aliphatic rings. The molecule has 4 aromatic rings. The van der Waals surface area contributed by atoms with Crippen molar-refractivity contribution >= 4 is 21.5 Å². The van der Waals surface area contributed by atoms with Crippen molar-refractivity contribution in [2.24, 2.45) is 0 Å². The summed E-state index contributed by atoms with van der Waals surface area (Å²) in [5.41, 5.74) is -0.496. The van der Waals surface area contributed by atoms with Crippen molar-refractivity contribution in [2.75, 3.05) is 56.7 Å². The van der Waals surface area contributed by atoms with Crippen LogP contribution >= 0.6 is 0 Å². The third-order valence-corrected chi connectivity index (χ3v) is 11.3. The fraction of sp³-hybridized carbons (Fsp3) is 0.389. The van der Waals surface area contributed by atoms with Gasteiger partial charge in [-0.2, -0.15) is 13.2 Å². The minimum absolute atomic E-state index is 0.0971. The number of alkyl halides is 3. The fourth-order valence-corrected chi connectivity index (χ4v) is 8.14. The van der Waals surface area contributed by atoms with E-state index in [1.54, 1.807) is 36.2 Å². The molecule has 0 amide bonds. The maximum absolute atomic E-state index is 16.1. The smallest absolute Gasteiger partial charge is 0.416 e. The summed E-state index contributed by atoms with van der Waals surface area (Å²) >= 11 is 0. The molecule has 1 atom stereocenters. The summed E-state index contributed by atoms with van der Waals surface area (Å²) in [6, 6.07) is 13.0. The van der Waals surface area contributed by atoms with Gasteiger partial charge in [0.1, 0.15) is 35.3 Å². The molecule has 3 aromatic carbocycles. The van der Waals surface area contributed by atoms with Gasteiger partial charge in [-0.25, -0.2) is 31.5 Å². The number of ether oxygens (including phenoxy) is 2. The highest BCUT2D eigenvalue weighted by Gasteiger charge is 2.40. The van der Waals surface area contributed by atoms with Gasteiger partial charge in [-0.05, 0) is 68.6 Å². The zero-order valence-electron chi connectivity index (χ0n) is 28.9. The van der Waals surface area contributed by atoms with Crippen molar-refractivity contribution < 1.29 is 45.0 Å². The van der Waals surface area contributed by atoms with Gasteiger partial charge in [-0.3, -0.25) is 4.90 Å². The minimum atomic E-state index is -4.93. The number of hydrogen-bond acceptors (Lipinski definition) is 9. The summed E-state index contributed by atoms with van der Waals surface area (Å²) in [4.78, 5) is 10.4. The van der Waals surface area contributed by atoms with E-state index in [1.807, 2.05) is 4.90 Å². The average Bonchev–Trinajstić information content (AvgIpc) is 3.12. The number of likely N-dealkylation sites (N-methyl/N-ethyl adjacent to an activating group) is 1. The van der Waals surface area contributed by atoms with E-state index in [1.165, 1.54) is 32.5 Å². The van der Waals surface area contributed by atoms with Crippen LogP contribution in [0.15, 0.2) is 78.1 Å². The highest BCUT2D eigenvalue weighted by molar-refractivity contribution is 7.92. The van der Waals surface area contributed by atoms with Crippen LogP contribution in [0.2, 0.25) is 0 Å². The van der Waals surface area contributed by atoms with E-state index in [0.717, 1.165) is 34.9 Å². The minimum Gasteiger partial charge on any atom is -0.497 e. The first-order valence-corrected chi connectivity index (χ1v) is 17.9. The number of aliphatic hydroxyl groups excluding tert-OH is 1. The second-order valence-corrected chi connectivity index (χ2v) is 14.4. The van der Waals surface area contributed by atoms with Crippen LogP contribution in [0.5, 0.6) is 11.5 Å². The molecule has 0 spiro atoms. The molecule has 1 aliphatic heterocycles. The summed E-state index contributed by atoms with van der Waals surface area (Å²) in [6.07, 6.45) is -0.235. The predicted molar refractivity (Wildman–Crippen MR) is 185 cm³/mol. The third kappa shape index (κ3) is 8.40. The van der Waals surface area contributed by atoms with Gasteiger partial charge in [0, 0.05) is 54.8 Å². The van der Waals surface area contributed by atoms with E-state index < -0.39 is 50.4 Å². The van der Waals surface area contributed by atoms with Gasteiger partial charge in [0.15, 0.2) is 4.90 Å². The summed E-state index contributed by atoms with van der Waals surface area (Å²) in [5, 5.41) is 9.77. The second kappa shape index (κ2) is 16.0. The number of sulfonamides is 1.